The van der Waals surface area contributed by atoms with E-state index in [9.17, 15) is 14.9 Å². The summed E-state index contributed by atoms with van der Waals surface area (Å²) in [5, 5.41) is 13.6. The molecule has 0 radical (unpaired) electrons. The molecule has 0 saturated carbocycles. The number of benzene rings is 1. The van der Waals surface area contributed by atoms with Gasteiger partial charge in [0.25, 0.3) is 11.6 Å². The minimum absolute atomic E-state index is 0.114. The van der Waals surface area contributed by atoms with E-state index in [2.05, 4.69) is 5.32 Å². The number of carbonyl (C=O) groups is 1. The number of nitrogens with one attached hydrogen (secondary N) is 1. The van der Waals surface area contributed by atoms with Crippen LogP contribution in [0, 0.1) is 17.0 Å². The van der Waals surface area contributed by atoms with Crippen molar-refractivity contribution in [2.24, 2.45) is 0 Å². The summed E-state index contributed by atoms with van der Waals surface area (Å²) in [7, 11) is 1.44. The Morgan fingerprint density at radius 1 is 1.35 bits per heavy atom. The number of aromatic nitrogens is 1. The molecule has 1 aromatic carbocycles. The Bertz CT molecular complexity index is 746. The van der Waals surface area contributed by atoms with Gasteiger partial charge in [-0.25, -0.2) is 0 Å². The quantitative estimate of drug-likeness (QED) is 0.521. The van der Waals surface area contributed by atoms with Crippen molar-refractivity contribution in [2.75, 3.05) is 12.4 Å². The summed E-state index contributed by atoms with van der Waals surface area (Å²) in [6.45, 7) is 3.66. The number of aryl methyl sites for hydroxylation is 1. The fraction of sp³-hybridized carbons (Fsp3) is 0.250. The van der Waals surface area contributed by atoms with Crippen LogP contribution in [-0.2, 0) is 4.79 Å². The molecule has 2 aromatic rings. The average molecular weight is 316 g/mol. The summed E-state index contributed by atoms with van der Waals surface area (Å²) in [6.07, 6.45) is 1.81. The van der Waals surface area contributed by atoms with Gasteiger partial charge in [0.05, 0.1) is 17.7 Å². The van der Waals surface area contributed by atoms with Crippen LogP contribution in [0.25, 0.3) is 0 Å². The Kier molecular flexibility index (Phi) is 4.90. The summed E-state index contributed by atoms with van der Waals surface area (Å²) in [6, 6.07) is 9.22. The predicted molar refractivity (Wildman–Crippen MR) is 84.4 cm³/mol. The third-order valence-corrected chi connectivity index (χ3v) is 3.55. The first-order valence-corrected chi connectivity index (χ1v) is 7.04. The number of anilines is 1. The maximum absolute atomic E-state index is 12.5. The zero-order valence-corrected chi connectivity index (χ0v) is 13.1. The minimum atomic E-state index is -0.519. The first-order valence-electron chi connectivity index (χ1n) is 7.04. The average Bonchev–Trinajstić information content (AvgIpc) is 2.54. The van der Waals surface area contributed by atoms with Crippen LogP contribution in [-0.4, -0.2) is 17.9 Å². The molecule has 0 saturated heterocycles. The van der Waals surface area contributed by atoms with Crippen molar-refractivity contribution in [1.29, 1.82) is 0 Å². The molecule has 1 aromatic heterocycles. The number of non-ortho nitro benzene ring substituents is 1. The Morgan fingerprint density at radius 3 is 2.70 bits per heavy atom. The fourth-order valence-corrected chi connectivity index (χ4v) is 2.25. The number of pyridine rings is 1. The van der Waals surface area contributed by atoms with Crippen molar-refractivity contribution in [3.8, 4) is 5.75 Å². The van der Waals surface area contributed by atoms with Crippen LogP contribution >= 0.6 is 0 Å². The lowest BCUT2D eigenvalue weighted by Gasteiger charge is -2.12. The van der Waals surface area contributed by atoms with E-state index in [1.165, 1.54) is 25.3 Å². The molecule has 7 nitrogen and oxygen atoms in total. The number of nitro groups is 1. The van der Waals surface area contributed by atoms with E-state index in [0.717, 1.165) is 5.69 Å². The van der Waals surface area contributed by atoms with Gasteiger partial charge in [0.15, 0.2) is 11.9 Å². The second kappa shape index (κ2) is 6.87. The number of hydrogen-bond donors (Lipinski definition) is 1. The number of methoxy groups -OCH3 is 1. The van der Waals surface area contributed by atoms with Crippen LogP contribution < -0.4 is 14.6 Å². The highest BCUT2D eigenvalue weighted by Gasteiger charge is 2.25. The van der Waals surface area contributed by atoms with Gasteiger partial charge in [0.1, 0.15) is 5.75 Å². The number of amides is 1. The van der Waals surface area contributed by atoms with Crippen molar-refractivity contribution >= 4 is 17.3 Å². The van der Waals surface area contributed by atoms with Crippen LogP contribution in [0.3, 0.4) is 0 Å². The van der Waals surface area contributed by atoms with Gasteiger partial charge in [-0.1, -0.05) is 6.07 Å². The number of hydrogen-bond acceptors (Lipinski definition) is 4. The van der Waals surface area contributed by atoms with Gasteiger partial charge in [-0.05, 0) is 6.07 Å². The Hall–Kier alpha value is -2.96. The normalized spacial score (nSPS) is 11.6. The van der Waals surface area contributed by atoms with Crippen LogP contribution in [0.4, 0.5) is 11.4 Å². The zero-order valence-electron chi connectivity index (χ0n) is 13.1. The molecule has 0 unspecified atom stereocenters. The van der Waals surface area contributed by atoms with Crippen LogP contribution in [0.15, 0.2) is 42.6 Å². The maximum atomic E-state index is 12.5. The van der Waals surface area contributed by atoms with E-state index in [1.807, 2.05) is 35.9 Å². The second-order valence-corrected chi connectivity index (χ2v) is 5.06. The summed E-state index contributed by atoms with van der Waals surface area (Å²) in [5.74, 6) is 0.0778. The van der Waals surface area contributed by atoms with Gasteiger partial charge in [0.2, 0.25) is 6.04 Å². The standard InChI is InChI=1S/C16H17N3O4/c1-11-6-4-5-9-18(11)12(2)16(20)17-14-10-13(19(21)22)7-8-15(14)23-3/h4-10,12H,1-3H3/p+1/t12-/m1/s1. The molecule has 0 aliphatic rings. The van der Waals surface area contributed by atoms with E-state index >= 15 is 0 Å². The zero-order chi connectivity index (χ0) is 17.0. The van der Waals surface area contributed by atoms with Crippen molar-refractivity contribution in [2.45, 2.75) is 19.9 Å². The van der Waals surface area contributed by atoms with Gasteiger partial charge >= 0.3 is 0 Å². The SMILES string of the molecule is COc1ccc([N+](=O)[O-])cc1NC(=O)[C@@H](C)[n+]1ccccc1C. The molecule has 1 atom stereocenters. The lowest BCUT2D eigenvalue weighted by Crippen LogP contribution is -2.46. The monoisotopic (exact) mass is 316 g/mol. The van der Waals surface area contributed by atoms with Crippen molar-refractivity contribution in [3.63, 3.8) is 0 Å². The fourth-order valence-electron chi connectivity index (χ4n) is 2.25. The Labute approximate surface area is 133 Å². The topological polar surface area (TPSA) is 85.3 Å². The molecule has 1 amide bonds. The highest BCUT2D eigenvalue weighted by molar-refractivity contribution is 5.94. The largest absolute Gasteiger partial charge is 0.495 e. The molecule has 0 aliphatic carbocycles. The maximum Gasteiger partial charge on any atom is 0.293 e. The van der Waals surface area contributed by atoms with Crippen molar-refractivity contribution in [3.05, 3.63) is 58.4 Å². The second-order valence-electron chi connectivity index (χ2n) is 5.06. The van der Waals surface area contributed by atoms with E-state index < -0.39 is 11.0 Å². The summed E-state index contributed by atoms with van der Waals surface area (Å²) >= 11 is 0. The highest BCUT2D eigenvalue weighted by atomic mass is 16.6. The van der Waals surface area contributed by atoms with Gasteiger partial charge in [0, 0.05) is 38.1 Å². The first kappa shape index (κ1) is 16.4. The van der Waals surface area contributed by atoms with Crippen LogP contribution in [0.2, 0.25) is 0 Å². The summed E-state index contributed by atoms with van der Waals surface area (Å²) in [4.78, 5) is 22.8. The Balaban J connectivity index is 2.27. The van der Waals surface area contributed by atoms with Crippen molar-refractivity contribution < 1.29 is 19.0 Å². The lowest BCUT2D eigenvalue weighted by molar-refractivity contribution is -0.711. The minimum Gasteiger partial charge on any atom is -0.495 e. The highest BCUT2D eigenvalue weighted by Crippen LogP contribution is 2.29. The first-order chi connectivity index (χ1) is 10.9. The third-order valence-electron chi connectivity index (χ3n) is 3.55. The molecule has 0 spiro atoms. The van der Waals surface area contributed by atoms with E-state index in [4.69, 9.17) is 4.74 Å². The molecular formula is C16H18N3O4+. The smallest absolute Gasteiger partial charge is 0.293 e. The van der Waals surface area contributed by atoms with E-state index in [0.29, 0.717) is 5.75 Å². The third kappa shape index (κ3) is 3.63. The van der Waals surface area contributed by atoms with Gasteiger partial charge in [-0.2, -0.15) is 4.57 Å². The molecule has 0 aliphatic heterocycles. The molecule has 120 valence electrons. The van der Waals surface area contributed by atoms with E-state index in [-0.39, 0.29) is 17.3 Å². The molecule has 0 fully saturated rings. The molecule has 23 heavy (non-hydrogen) atoms. The van der Waals surface area contributed by atoms with Gasteiger partial charge < -0.3 is 10.1 Å². The summed E-state index contributed by atoms with van der Waals surface area (Å²) in [5.41, 5.74) is 1.09. The lowest BCUT2D eigenvalue weighted by atomic mass is 10.2. The van der Waals surface area contributed by atoms with Gasteiger partial charge in [-0.15, -0.1) is 0 Å². The predicted octanol–water partition coefficient (Wildman–Crippen LogP) is 2.40. The van der Waals surface area contributed by atoms with Gasteiger partial charge in [-0.3, -0.25) is 14.9 Å². The van der Waals surface area contributed by atoms with Crippen LogP contribution in [0.5, 0.6) is 5.75 Å². The molecule has 7 heteroatoms. The number of ether oxygens (including phenoxy) is 1. The molecule has 0 bridgehead atoms. The number of rotatable bonds is 5. The Morgan fingerprint density at radius 2 is 2.09 bits per heavy atom. The number of nitrogens with zero attached hydrogens (tertiary/aromatic N) is 2. The molecule has 2 rings (SSSR count). The number of nitro benzene ring substituents is 1. The van der Waals surface area contributed by atoms with E-state index in [1.54, 1.807) is 6.92 Å². The number of carbonyl (C=O) groups excluding carboxylic acids is 1. The molecule has 1 heterocycles. The van der Waals surface area contributed by atoms with Crippen molar-refractivity contribution in [1.82, 2.24) is 0 Å². The molecule has 1 N–H and O–H groups in total. The summed E-state index contributed by atoms with van der Waals surface area (Å²) < 4.78 is 6.96. The van der Waals surface area contributed by atoms with Crippen LogP contribution in [0.1, 0.15) is 18.7 Å². The molecular weight excluding hydrogens is 298 g/mol.